The first-order chi connectivity index (χ1) is 8.77. The first kappa shape index (κ1) is 12.4. The molecule has 18 heavy (non-hydrogen) atoms. The number of hydrogen-bond acceptors (Lipinski definition) is 2. The van der Waals surface area contributed by atoms with Crippen molar-refractivity contribution >= 4 is 11.5 Å². The van der Waals surface area contributed by atoms with Crippen LogP contribution in [0.25, 0.3) is 11.1 Å². The number of Topliss-reactive ketones (excluding diaryl/α,β-unsaturated/α-hetero) is 1. The van der Waals surface area contributed by atoms with E-state index in [9.17, 15) is 4.79 Å². The Morgan fingerprint density at radius 1 is 1.06 bits per heavy atom. The van der Waals surface area contributed by atoms with Crippen molar-refractivity contribution < 1.29 is 4.79 Å². The molecule has 92 valence electrons. The van der Waals surface area contributed by atoms with E-state index in [0.717, 1.165) is 22.4 Å². The van der Waals surface area contributed by atoms with Crippen molar-refractivity contribution in [2.24, 2.45) is 0 Å². The van der Waals surface area contributed by atoms with E-state index in [2.05, 4.69) is 5.32 Å². The Kier molecular flexibility index (Phi) is 3.78. The highest BCUT2D eigenvalue weighted by molar-refractivity contribution is 6.05. The Hall–Kier alpha value is -2.09. The average Bonchev–Trinajstić information content (AvgIpc) is 2.46. The van der Waals surface area contributed by atoms with Crippen LogP contribution in [0, 0.1) is 0 Å². The maximum absolute atomic E-state index is 12.0. The van der Waals surface area contributed by atoms with Crippen LogP contribution in [0.5, 0.6) is 0 Å². The van der Waals surface area contributed by atoms with Gasteiger partial charge in [0.05, 0.1) is 0 Å². The van der Waals surface area contributed by atoms with Gasteiger partial charge < -0.3 is 5.32 Å². The smallest absolute Gasteiger partial charge is 0.163 e. The molecule has 0 spiro atoms. The number of hydrogen-bond donors (Lipinski definition) is 1. The van der Waals surface area contributed by atoms with Crippen LogP contribution in [-0.4, -0.2) is 12.8 Å². The predicted octanol–water partition coefficient (Wildman–Crippen LogP) is 3.99. The third-order valence-corrected chi connectivity index (χ3v) is 3.02. The third kappa shape index (κ3) is 2.28. The van der Waals surface area contributed by atoms with E-state index < -0.39 is 0 Å². The van der Waals surface area contributed by atoms with E-state index in [1.54, 1.807) is 0 Å². The van der Waals surface area contributed by atoms with Gasteiger partial charge in [-0.25, -0.2) is 0 Å². The fraction of sp³-hybridized carbons (Fsp3) is 0.188. The first-order valence-corrected chi connectivity index (χ1v) is 6.17. The minimum atomic E-state index is 0.172. The molecule has 2 aromatic rings. The van der Waals surface area contributed by atoms with Gasteiger partial charge in [-0.15, -0.1) is 0 Å². The van der Waals surface area contributed by atoms with Gasteiger partial charge >= 0.3 is 0 Å². The van der Waals surface area contributed by atoms with Crippen molar-refractivity contribution in [3.05, 3.63) is 54.1 Å². The van der Waals surface area contributed by atoms with E-state index in [1.165, 1.54) is 0 Å². The van der Waals surface area contributed by atoms with Crippen molar-refractivity contribution in [2.75, 3.05) is 12.4 Å². The second kappa shape index (κ2) is 5.50. The monoisotopic (exact) mass is 239 g/mol. The molecule has 1 N–H and O–H groups in total. The summed E-state index contributed by atoms with van der Waals surface area (Å²) < 4.78 is 0. The molecule has 2 aromatic carbocycles. The zero-order chi connectivity index (χ0) is 13.0. The minimum Gasteiger partial charge on any atom is -0.388 e. The summed E-state index contributed by atoms with van der Waals surface area (Å²) in [7, 11) is 1.88. The molecule has 0 fully saturated rings. The molecule has 2 nitrogen and oxygen atoms in total. The van der Waals surface area contributed by atoms with Gasteiger partial charge in [0.2, 0.25) is 0 Å². The van der Waals surface area contributed by atoms with Gasteiger partial charge in [-0.2, -0.15) is 0 Å². The molecular formula is C16H17NO. The van der Waals surface area contributed by atoms with Crippen LogP contribution < -0.4 is 5.32 Å². The summed E-state index contributed by atoms with van der Waals surface area (Å²) >= 11 is 0. The number of ketones is 1. The second-order valence-electron chi connectivity index (χ2n) is 4.12. The molecule has 0 saturated heterocycles. The average molecular weight is 239 g/mol. The van der Waals surface area contributed by atoms with Crippen LogP contribution in [0.15, 0.2) is 48.5 Å². The molecule has 0 aliphatic rings. The molecule has 0 bridgehead atoms. The molecule has 0 aliphatic carbocycles. The van der Waals surface area contributed by atoms with Crippen molar-refractivity contribution in [1.29, 1.82) is 0 Å². The van der Waals surface area contributed by atoms with Gasteiger partial charge in [-0.1, -0.05) is 49.4 Å². The number of benzene rings is 2. The van der Waals surface area contributed by atoms with Gasteiger partial charge in [0.1, 0.15) is 0 Å². The molecule has 2 heteroatoms. The summed E-state index contributed by atoms with van der Waals surface area (Å²) in [5.41, 5.74) is 3.84. The molecule has 0 aliphatic heterocycles. The maximum Gasteiger partial charge on any atom is 0.163 e. The van der Waals surface area contributed by atoms with Crippen LogP contribution in [0.2, 0.25) is 0 Å². The van der Waals surface area contributed by atoms with Crippen LogP contribution in [-0.2, 0) is 0 Å². The lowest BCUT2D eigenvalue weighted by Gasteiger charge is -2.13. The highest BCUT2D eigenvalue weighted by atomic mass is 16.1. The van der Waals surface area contributed by atoms with E-state index in [4.69, 9.17) is 0 Å². The van der Waals surface area contributed by atoms with Gasteiger partial charge in [0.25, 0.3) is 0 Å². The highest BCUT2D eigenvalue weighted by Gasteiger charge is 2.14. The van der Waals surface area contributed by atoms with Crippen molar-refractivity contribution in [3.8, 4) is 11.1 Å². The van der Waals surface area contributed by atoms with E-state index >= 15 is 0 Å². The Morgan fingerprint density at radius 2 is 1.78 bits per heavy atom. The van der Waals surface area contributed by atoms with E-state index in [0.29, 0.717) is 6.42 Å². The summed E-state index contributed by atoms with van der Waals surface area (Å²) in [6, 6.07) is 15.8. The second-order valence-corrected chi connectivity index (χ2v) is 4.12. The van der Waals surface area contributed by atoms with E-state index in [-0.39, 0.29) is 5.78 Å². The lowest BCUT2D eigenvalue weighted by Crippen LogP contribution is -2.03. The summed E-state index contributed by atoms with van der Waals surface area (Å²) in [5.74, 6) is 0.172. The summed E-state index contributed by atoms with van der Waals surface area (Å²) in [6.45, 7) is 1.89. The topological polar surface area (TPSA) is 29.1 Å². The van der Waals surface area contributed by atoms with Gasteiger partial charge in [-0.3, -0.25) is 4.79 Å². The lowest BCUT2D eigenvalue weighted by molar-refractivity contribution is 0.0989. The van der Waals surface area contributed by atoms with Gasteiger partial charge in [0, 0.05) is 30.3 Å². The minimum absolute atomic E-state index is 0.172. The number of anilines is 1. The molecule has 0 saturated carbocycles. The molecule has 0 radical (unpaired) electrons. The maximum atomic E-state index is 12.0. The molecule has 0 unspecified atom stereocenters. The predicted molar refractivity (Wildman–Crippen MR) is 76.0 cm³/mol. The molecule has 0 aromatic heterocycles. The molecule has 0 heterocycles. The Morgan fingerprint density at radius 3 is 2.39 bits per heavy atom. The fourth-order valence-electron chi connectivity index (χ4n) is 2.10. The number of carbonyl (C=O) groups excluding carboxylic acids is 1. The summed E-state index contributed by atoms with van der Waals surface area (Å²) in [5, 5.41) is 3.16. The fourth-order valence-corrected chi connectivity index (χ4v) is 2.10. The van der Waals surface area contributed by atoms with Gasteiger partial charge in [-0.05, 0) is 11.6 Å². The molecule has 0 amide bonds. The normalized spacial score (nSPS) is 10.1. The number of rotatable bonds is 4. The number of nitrogens with one attached hydrogen (secondary N) is 1. The Labute approximate surface area is 108 Å². The molecule has 0 atom stereocenters. The van der Waals surface area contributed by atoms with Crippen molar-refractivity contribution in [2.45, 2.75) is 13.3 Å². The van der Waals surface area contributed by atoms with Crippen LogP contribution >= 0.6 is 0 Å². The zero-order valence-corrected chi connectivity index (χ0v) is 10.7. The largest absolute Gasteiger partial charge is 0.388 e. The number of carbonyl (C=O) groups is 1. The summed E-state index contributed by atoms with van der Waals surface area (Å²) in [6.07, 6.45) is 0.521. The lowest BCUT2D eigenvalue weighted by atomic mass is 9.94. The standard InChI is InChI=1S/C16H17NO/c1-3-15(18)13-10-7-11-14(17-2)16(13)12-8-5-4-6-9-12/h4-11,17H,3H2,1-2H3. The van der Waals surface area contributed by atoms with Crippen LogP contribution in [0.1, 0.15) is 23.7 Å². The Balaban J connectivity index is 2.66. The highest BCUT2D eigenvalue weighted by Crippen LogP contribution is 2.32. The third-order valence-electron chi connectivity index (χ3n) is 3.02. The molecule has 2 rings (SSSR count). The Bertz CT molecular complexity index is 546. The zero-order valence-electron chi connectivity index (χ0n) is 10.7. The summed E-state index contributed by atoms with van der Waals surface area (Å²) in [4.78, 5) is 12.0. The van der Waals surface area contributed by atoms with E-state index in [1.807, 2.05) is 62.5 Å². The van der Waals surface area contributed by atoms with Crippen molar-refractivity contribution in [3.63, 3.8) is 0 Å². The quantitative estimate of drug-likeness (QED) is 0.817. The first-order valence-electron chi connectivity index (χ1n) is 6.17. The van der Waals surface area contributed by atoms with Crippen LogP contribution in [0.4, 0.5) is 5.69 Å². The molecular weight excluding hydrogens is 222 g/mol. The van der Waals surface area contributed by atoms with Gasteiger partial charge in [0.15, 0.2) is 5.78 Å². The van der Waals surface area contributed by atoms with Crippen LogP contribution in [0.3, 0.4) is 0 Å². The van der Waals surface area contributed by atoms with Crippen molar-refractivity contribution in [1.82, 2.24) is 0 Å². The SMILES string of the molecule is CCC(=O)c1cccc(NC)c1-c1ccccc1.